The first-order valence-corrected chi connectivity index (χ1v) is 19.9. The first-order valence-electron chi connectivity index (χ1n) is 19.9. The van der Waals surface area contributed by atoms with Crippen LogP contribution in [0.5, 0.6) is 0 Å². The standard InChI is InChI=1S/C50H43N6/c1-4-41-39-30-29-37(33-40(39)46-38-24-14-13-19-34(38)31-32-54(46)50(41,5-2)6-3)55-42-25-15-17-27-44(42)56(45-28-18-16-26-43(45)55)49-52-47(35-20-9-7-10-21-35)51-48(53-49)36-22-11-8-12-23-36/h7-33,41H,4-6H2,1-3H3/q+1. The Morgan fingerprint density at radius 1 is 0.554 bits per heavy atom. The summed E-state index contributed by atoms with van der Waals surface area (Å²) in [4.78, 5) is 20.0. The summed E-state index contributed by atoms with van der Waals surface area (Å²) in [7, 11) is 0. The zero-order chi connectivity index (χ0) is 37.8. The molecule has 0 spiro atoms. The summed E-state index contributed by atoms with van der Waals surface area (Å²) in [5.74, 6) is 2.22. The summed E-state index contributed by atoms with van der Waals surface area (Å²) in [6.45, 7) is 7.08. The molecule has 2 aromatic heterocycles. The zero-order valence-electron chi connectivity index (χ0n) is 32.0. The third-order valence-electron chi connectivity index (χ3n) is 12.2. The molecule has 56 heavy (non-hydrogen) atoms. The van der Waals surface area contributed by atoms with E-state index in [1.807, 2.05) is 36.4 Å². The van der Waals surface area contributed by atoms with E-state index in [1.165, 1.54) is 27.6 Å². The lowest BCUT2D eigenvalue weighted by atomic mass is 9.69. The number of hydrogen-bond donors (Lipinski definition) is 0. The molecule has 0 saturated heterocycles. The molecule has 0 bridgehead atoms. The fraction of sp³-hybridized carbons (Fsp3) is 0.160. The van der Waals surface area contributed by atoms with Crippen LogP contribution in [0.4, 0.5) is 34.4 Å². The quantitative estimate of drug-likeness (QED) is 0.153. The first-order chi connectivity index (χ1) is 27.6. The van der Waals surface area contributed by atoms with E-state index >= 15 is 0 Å². The average Bonchev–Trinajstić information content (AvgIpc) is 3.27. The largest absolute Gasteiger partial charge is 0.306 e. The molecule has 0 N–H and O–H groups in total. The highest BCUT2D eigenvalue weighted by Gasteiger charge is 2.51. The first kappa shape index (κ1) is 33.9. The molecule has 1 unspecified atom stereocenters. The Morgan fingerprint density at radius 3 is 1.66 bits per heavy atom. The van der Waals surface area contributed by atoms with E-state index in [1.54, 1.807) is 0 Å². The lowest BCUT2D eigenvalue weighted by Crippen LogP contribution is -2.62. The molecule has 2 aliphatic rings. The van der Waals surface area contributed by atoms with Gasteiger partial charge in [-0.3, -0.25) is 4.90 Å². The van der Waals surface area contributed by atoms with E-state index in [9.17, 15) is 0 Å². The van der Waals surface area contributed by atoms with Crippen molar-refractivity contribution in [2.45, 2.75) is 51.5 Å². The molecule has 6 nitrogen and oxygen atoms in total. The predicted molar refractivity (Wildman–Crippen MR) is 228 cm³/mol. The Labute approximate surface area is 328 Å². The van der Waals surface area contributed by atoms with Crippen molar-refractivity contribution < 1.29 is 4.57 Å². The Balaban J connectivity index is 1.19. The molecular formula is C50H43N6+. The molecular weight excluding hydrogens is 685 g/mol. The van der Waals surface area contributed by atoms with Crippen LogP contribution in [0.1, 0.15) is 51.5 Å². The molecule has 0 radical (unpaired) electrons. The predicted octanol–water partition coefficient (Wildman–Crippen LogP) is 12.6. The molecule has 8 aromatic rings. The highest BCUT2D eigenvalue weighted by Crippen LogP contribution is 2.55. The maximum atomic E-state index is 5.19. The number of para-hydroxylation sites is 4. The van der Waals surface area contributed by atoms with Gasteiger partial charge in [0, 0.05) is 41.6 Å². The van der Waals surface area contributed by atoms with Gasteiger partial charge in [-0.1, -0.05) is 130 Å². The maximum Gasteiger partial charge on any atom is 0.238 e. The van der Waals surface area contributed by atoms with Gasteiger partial charge in [0.1, 0.15) is 0 Å². The molecule has 4 heterocycles. The second kappa shape index (κ2) is 13.6. The summed E-state index contributed by atoms with van der Waals surface area (Å²) in [5, 5.41) is 2.55. The molecule has 0 saturated carbocycles. The lowest BCUT2D eigenvalue weighted by Gasteiger charge is -2.41. The normalized spacial score (nSPS) is 15.2. The van der Waals surface area contributed by atoms with Crippen LogP contribution in [-0.4, -0.2) is 15.0 Å². The van der Waals surface area contributed by atoms with Gasteiger partial charge in [0.15, 0.2) is 23.4 Å². The van der Waals surface area contributed by atoms with Crippen molar-refractivity contribution in [3.63, 3.8) is 0 Å². The SMILES string of the molecule is CCC1c2ccc(N3c4ccccc4N(c4nc(-c5ccccc5)nc(-c5ccccc5)n4)c4ccccc43)cc2-c2c3ccccc3cc[n+]2C1(CC)CC. The van der Waals surface area contributed by atoms with Gasteiger partial charge in [-0.05, 0) is 59.8 Å². The van der Waals surface area contributed by atoms with Crippen molar-refractivity contribution in [2.75, 3.05) is 9.80 Å². The third kappa shape index (κ3) is 5.16. The number of rotatable bonds is 7. The summed E-state index contributed by atoms with van der Waals surface area (Å²) in [6, 6.07) is 55.9. The number of nitrogens with zero attached hydrogens (tertiary/aromatic N) is 6. The number of hydrogen-bond acceptors (Lipinski definition) is 5. The number of pyridine rings is 1. The number of benzene rings is 6. The van der Waals surface area contributed by atoms with Crippen molar-refractivity contribution in [1.82, 2.24) is 15.0 Å². The summed E-state index contributed by atoms with van der Waals surface area (Å²) >= 11 is 0. The Hall–Kier alpha value is -6.66. The van der Waals surface area contributed by atoms with Crippen molar-refractivity contribution in [3.8, 4) is 34.0 Å². The van der Waals surface area contributed by atoms with E-state index in [-0.39, 0.29) is 5.54 Å². The Bertz CT molecular complexity index is 2640. The molecule has 1 atom stereocenters. The molecule has 6 aromatic carbocycles. The second-order valence-corrected chi connectivity index (χ2v) is 14.8. The highest BCUT2D eigenvalue weighted by molar-refractivity contribution is 6.02. The Morgan fingerprint density at radius 2 is 1.09 bits per heavy atom. The van der Waals surface area contributed by atoms with E-state index in [2.05, 4.69) is 163 Å². The molecule has 2 aliphatic heterocycles. The fourth-order valence-corrected chi connectivity index (χ4v) is 9.53. The average molecular weight is 728 g/mol. The van der Waals surface area contributed by atoms with Gasteiger partial charge in [0.25, 0.3) is 0 Å². The minimum atomic E-state index is -0.00476. The molecule has 272 valence electrons. The van der Waals surface area contributed by atoms with E-state index in [0.717, 1.165) is 58.8 Å². The molecule has 0 aliphatic carbocycles. The van der Waals surface area contributed by atoms with Crippen LogP contribution in [0.25, 0.3) is 44.8 Å². The van der Waals surface area contributed by atoms with Crippen LogP contribution in [0.2, 0.25) is 0 Å². The molecule has 0 fully saturated rings. The third-order valence-corrected chi connectivity index (χ3v) is 12.2. The molecule has 0 amide bonds. The monoisotopic (exact) mass is 727 g/mol. The Kier molecular flexibility index (Phi) is 8.21. The minimum Gasteiger partial charge on any atom is -0.306 e. The van der Waals surface area contributed by atoms with Crippen molar-refractivity contribution >= 4 is 45.2 Å². The van der Waals surface area contributed by atoms with Gasteiger partial charge in [0.2, 0.25) is 11.6 Å². The second-order valence-electron chi connectivity index (χ2n) is 14.8. The summed E-state index contributed by atoms with van der Waals surface area (Å²) < 4.78 is 2.63. The van der Waals surface area contributed by atoms with Crippen LogP contribution in [0.15, 0.2) is 164 Å². The van der Waals surface area contributed by atoms with Crippen molar-refractivity contribution in [3.05, 3.63) is 169 Å². The maximum absolute atomic E-state index is 5.19. The van der Waals surface area contributed by atoms with Gasteiger partial charge in [0.05, 0.1) is 33.7 Å². The topological polar surface area (TPSA) is 49.0 Å². The van der Waals surface area contributed by atoms with Gasteiger partial charge >= 0.3 is 0 Å². The van der Waals surface area contributed by atoms with Gasteiger partial charge in [-0.2, -0.15) is 14.5 Å². The molecule has 10 rings (SSSR count). The van der Waals surface area contributed by atoms with Gasteiger partial charge < -0.3 is 4.90 Å². The summed E-state index contributed by atoms with van der Waals surface area (Å²) in [5.41, 5.74) is 11.1. The number of aromatic nitrogens is 4. The summed E-state index contributed by atoms with van der Waals surface area (Å²) in [6.07, 6.45) is 5.56. The lowest BCUT2D eigenvalue weighted by molar-refractivity contribution is -0.761. The van der Waals surface area contributed by atoms with Crippen LogP contribution in [0, 0.1) is 0 Å². The number of anilines is 6. The van der Waals surface area contributed by atoms with Crippen molar-refractivity contribution in [1.29, 1.82) is 0 Å². The highest BCUT2D eigenvalue weighted by atomic mass is 15.3. The van der Waals surface area contributed by atoms with Crippen LogP contribution < -0.4 is 14.4 Å². The number of fused-ring (bicyclic) bond motifs is 7. The van der Waals surface area contributed by atoms with Crippen molar-refractivity contribution in [2.24, 2.45) is 0 Å². The smallest absolute Gasteiger partial charge is 0.238 e. The van der Waals surface area contributed by atoms with E-state index < -0.39 is 0 Å². The van der Waals surface area contributed by atoms with Gasteiger partial charge in [-0.25, -0.2) is 4.98 Å². The van der Waals surface area contributed by atoms with Crippen LogP contribution in [-0.2, 0) is 5.54 Å². The van der Waals surface area contributed by atoms with Crippen LogP contribution >= 0.6 is 0 Å². The molecule has 6 heteroatoms. The van der Waals surface area contributed by atoms with E-state index in [0.29, 0.717) is 23.5 Å². The fourth-order valence-electron chi connectivity index (χ4n) is 9.53. The van der Waals surface area contributed by atoms with E-state index in [4.69, 9.17) is 15.0 Å². The van der Waals surface area contributed by atoms with Crippen LogP contribution in [0.3, 0.4) is 0 Å². The van der Waals surface area contributed by atoms with Gasteiger partial charge in [-0.15, -0.1) is 0 Å². The minimum absolute atomic E-state index is 0.00476. The zero-order valence-corrected chi connectivity index (χ0v) is 32.0.